The summed E-state index contributed by atoms with van der Waals surface area (Å²) in [5.74, 6) is 0.715. The normalized spacial score (nSPS) is 13.8. The number of hydrogen-bond acceptors (Lipinski definition) is 2. The van der Waals surface area contributed by atoms with Crippen molar-refractivity contribution in [2.75, 3.05) is 0 Å². The Labute approximate surface area is 204 Å². The predicted octanol–water partition coefficient (Wildman–Crippen LogP) is 7.86. The van der Waals surface area contributed by atoms with Crippen molar-refractivity contribution in [3.8, 4) is 28.5 Å². The van der Waals surface area contributed by atoms with Gasteiger partial charge in [-0.25, -0.2) is 9.97 Å². The van der Waals surface area contributed by atoms with Crippen molar-refractivity contribution in [3.63, 3.8) is 0 Å². The number of aromatic nitrogens is 3. The van der Waals surface area contributed by atoms with Gasteiger partial charge in [0.2, 0.25) is 5.95 Å². The van der Waals surface area contributed by atoms with Crippen LogP contribution in [0.5, 0.6) is 0 Å². The van der Waals surface area contributed by atoms with Gasteiger partial charge in [-0.3, -0.25) is 4.57 Å². The largest absolute Gasteiger partial charge is 0.278 e. The third-order valence-corrected chi connectivity index (χ3v) is 7.52. The van der Waals surface area contributed by atoms with Crippen LogP contribution in [0.15, 0.2) is 97.1 Å². The van der Waals surface area contributed by atoms with Crippen molar-refractivity contribution in [2.24, 2.45) is 0 Å². The molecular formula is C32H25N3. The summed E-state index contributed by atoms with van der Waals surface area (Å²) in [7, 11) is 0. The first kappa shape index (κ1) is 20.2. The first-order valence-electron chi connectivity index (χ1n) is 12.1. The van der Waals surface area contributed by atoms with E-state index in [9.17, 15) is 0 Å². The minimum Gasteiger partial charge on any atom is -0.278 e. The average molecular weight is 452 g/mol. The van der Waals surface area contributed by atoms with Crippen LogP contribution in [0.2, 0.25) is 0 Å². The number of fused-ring (bicyclic) bond motifs is 6. The van der Waals surface area contributed by atoms with Crippen molar-refractivity contribution in [1.29, 1.82) is 0 Å². The van der Waals surface area contributed by atoms with Crippen LogP contribution in [0.1, 0.15) is 30.5 Å². The fourth-order valence-electron chi connectivity index (χ4n) is 5.94. The fraction of sp³-hybridized carbons (Fsp3) is 0.125. The Morgan fingerprint density at radius 1 is 0.714 bits per heavy atom. The third-order valence-electron chi connectivity index (χ3n) is 7.52. The molecule has 4 aromatic carbocycles. The molecule has 35 heavy (non-hydrogen) atoms. The van der Waals surface area contributed by atoms with Crippen LogP contribution in [-0.4, -0.2) is 14.5 Å². The molecule has 7 rings (SSSR count). The maximum atomic E-state index is 5.24. The molecule has 0 spiro atoms. The Balaban J connectivity index is 1.65. The van der Waals surface area contributed by atoms with Gasteiger partial charge >= 0.3 is 0 Å². The zero-order valence-corrected chi connectivity index (χ0v) is 20.1. The molecule has 0 bridgehead atoms. The first-order chi connectivity index (χ1) is 17.1. The van der Waals surface area contributed by atoms with Crippen LogP contribution in [0, 0.1) is 6.92 Å². The Hall–Kier alpha value is -4.24. The maximum Gasteiger partial charge on any atom is 0.235 e. The zero-order chi connectivity index (χ0) is 23.7. The Morgan fingerprint density at radius 2 is 1.46 bits per heavy atom. The summed E-state index contributed by atoms with van der Waals surface area (Å²) in [5, 5.41) is 2.37. The van der Waals surface area contributed by atoms with Crippen molar-refractivity contribution in [1.82, 2.24) is 14.5 Å². The van der Waals surface area contributed by atoms with Gasteiger partial charge in [-0.1, -0.05) is 98.8 Å². The lowest BCUT2D eigenvalue weighted by molar-refractivity contribution is 0.666. The second kappa shape index (κ2) is 7.13. The van der Waals surface area contributed by atoms with Crippen molar-refractivity contribution >= 4 is 21.8 Å². The summed E-state index contributed by atoms with van der Waals surface area (Å²) in [6.45, 7) is 6.89. The average Bonchev–Trinajstić information content (AvgIpc) is 3.36. The minimum atomic E-state index is -0.110. The summed E-state index contributed by atoms with van der Waals surface area (Å²) >= 11 is 0. The van der Waals surface area contributed by atoms with E-state index in [4.69, 9.17) is 9.97 Å². The van der Waals surface area contributed by atoms with Crippen molar-refractivity contribution in [3.05, 3.63) is 114 Å². The highest BCUT2D eigenvalue weighted by Gasteiger charge is 2.41. The SMILES string of the molecule is Cc1cccc2c1c1c(n2-c2nc(-c3ccccc3)c3ccccc3n2)-c2ccccc2C1(C)C. The van der Waals surface area contributed by atoms with E-state index < -0.39 is 0 Å². The summed E-state index contributed by atoms with van der Waals surface area (Å²) in [5.41, 5.74) is 10.5. The van der Waals surface area contributed by atoms with Gasteiger partial charge < -0.3 is 0 Å². The van der Waals surface area contributed by atoms with Crippen LogP contribution >= 0.6 is 0 Å². The molecule has 3 heteroatoms. The lowest BCUT2D eigenvalue weighted by Crippen LogP contribution is -2.15. The van der Waals surface area contributed by atoms with Gasteiger partial charge in [0.1, 0.15) is 0 Å². The molecule has 6 aromatic rings. The van der Waals surface area contributed by atoms with Crippen LogP contribution in [0.4, 0.5) is 0 Å². The molecule has 0 aliphatic heterocycles. The van der Waals surface area contributed by atoms with Crippen LogP contribution < -0.4 is 0 Å². The maximum absolute atomic E-state index is 5.24. The highest BCUT2D eigenvalue weighted by Crippen LogP contribution is 2.54. The van der Waals surface area contributed by atoms with Crippen LogP contribution in [0.25, 0.3) is 50.3 Å². The second-order valence-electron chi connectivity index (χ2n) is 9.95. The molecule has 3 nitrogen and oxygen atoms in total. The monoisotopic (exact) mass is 451 g/mol. The summed E-state index contributed by atoms with van der Waals surface area (Å²) in [6, 6.07) is 34.1. The highest BCUT2D eigenvalue weighted by molar-refractivity contribution is 6.01. The van der Waals surface area contributed by atoms with Gasteiger partial charge in [0.25, 0.3) is 0 Å². The van der Waals surface area contributed by atoms with E-state index in [2.05, 4.69) is 116 Å². The van der Waals surface area contributed by atoms with E-state index in [0.717, 1.165) is 27.7 Å². The summed E-state index contributed by atoms with van der Waals surface area (Å²) in [4.78, 5) is 10.4. The van der Waals surface area contributed by atoms with Gasteiger partial charge in [-0.05, 0) is 35.7 Å². The molecule has 0 atom stereocenters. The highest BCUT2D eigenvalue weighted by atomic mass is 15.2. The number of hydrogen-bond donors (Lipinski definition) is 0. The van der Waals surface area contributed by atoms with E-state index in [-0.39, 0.29) is 5.41 Å². The second-order valence-corrected chi connectivity index (χ2v) is 9.95. The van der Waals surface area contributed by atoms with Gasteiger partial charge in [0, 0.05) is 27.3 Å². The molecule has 0 saturated heterocycles. The molecule has 1 aliphatic rings. The van der Waals surface area contributed by atoms with Gasteiger partial charge in [0.05, 0.1) is 22.4 Å². The summed E-state index contributed by atoms with van der Waals surface area (Å²) < 4.78 is 2.30. The smallest absolute Gasteiger partial charge is 0.235 e. The van der Waals surface area contributed by atoms with Crippen molar-refractivity contribution < 1.29 is 0 Å². The molecule has 168 valence electrons. The lowest BCUT2D eigenvalue weighted by atomic mass is 9.81. The van der Waals surface area contributed by atoms with E-state index in [1.54, 1.807) is 0 Å². The zero-order valence-electron chi connectivity index (χ0n) is 20.1. The van der Waals surface area contributed by atoms with Gasteiger partial charge in [-0.15, -0.1) is 0 Å². The van der Waals surface area contributed by atoms with Crippen LogP contribution in [-0.2, 0) is 5.41 Å². The molecular weight excluding hydrogens is 426 g/mol. The number of para-hydroxylation sites is 1. The standard InChI is InChI=1S/C32H25N3/c1-20-12-11-19-26-27(20)28-30(22-15-7-9-17-24(22)32(28,2)3)35(26)31-33-25-18-10-8-16-23(25)29(34-31)21-13-5-4-6-14-21/h4-19H,1-3H3. The molecule has 0 N–H and O–H groups in total. The summed E-state index contributed by atoms with van der Waals surface area (Å²) in [6.07, 6.45) is 0. The number of rotatable bonds is 2. The molecule has 0 radical (unpaired) electrons. The Kier molecular flexibility index (Phi) is 4.11. The molecule has 0 fully saturated rings. The van der Waals surface area contributed by atoms with E-state index in [1.807, 2.05) is 6.07 Å². The number of nitrogens with zero attached hydrogens (tertiary/aromatic N) is 3. The molecule has 2 aromatic heterocycles. The lowest BCUT2D eigenvalue weighted by Gasteiger charge is -2.21. The van der Waals surface area contributed by atoms with Gasteiger partial charge in [-0.2, -0.15) is 0 Å². The molecule has 0 amide bonds. The van der Waals surface area contributed by atoms with Crippen LogP contribution in [0.3, 0.4) is 0 Å². The number of aryl methyl sites for hydroxylation is 1. The first-order valence-corrected chi connectivity index (χ1v) is 12.1. The molecule has 2 heterocycles. The van der Waals surface area contributed by atoms with Gasteiger partial charge in [0.15, 0.2) is 0 Å². The van der Waals surface area contributed by atoms with E-state index in [1.165, 1.54) is 33.3 Å². The minimum absolute atomic E-state index is 0.110. The third kappa shape index (κ3) is 2.72. The molecule has 0 saturated carbocycles. The molecule has 0 unspecified atom stereocenters. The Bertz CT molecular complexity index is 1770. The van der Waals surface area contributed by atoms with Crippen molar-refractivity contribution in [2.45, 2.75) is 26.2 Å². The Morgan fingerprint density at radius 3 is 2.31 bits per heavy atom. The number of benzene rings is 4. The van der Waals surface area contributed by atoms with E-state index >= 15 is 0 Å². The molecule has 1 aliphatic carbocycles. The topological polar surface area (TPSA) is 30.7 Å². The van der Waals surface area contributed by atoms with E-state index in [0.29, 0.717) is 5.95 Å². The fourth-order valence-corrected chi connectivity index (χ4v) is 5.94. The quantitative estimate of drug-likeness (QED) is 0.268. The predicted molar refractivity (Wildman–Crippen MR) is 144 cm³/mol.